The maximum atomic E-state index is 13.4. The second-order valence-electron chi connectivity index (χ2n) is 6.57. The van der Waals surface area contributed by atoms with Crippen LogP contribution < -0.4 is 14.8 Å². The average molecular weight is 367 g/mol. The summed E-state index contributed by atoms with van der Waals surface area (Å²) < 4.78 is 27.2. The first-order valence-corrected chi connectivity index (χ1v) is 9.40. The van der Waals surface area contributed by atoms with E-state index in [1.807, 2.05) is 32.0 Å². The number of nitrogens with zero attached hydrogens (tertiary/aromatic N) is 1. The highest BCUT2D eigenvalue weighted by Gasteiger charge is 2.27. The summed E-state index contributed by atoms with van der Waals surface area (Å²) in [6.07, 6.45) is 2.07. The van der Waals surface area contributed by atoms with Crippen molar-refractivity contribution in [3.63, 3.8) is 0 Å². The molecule has 1 unspecified atom stereocenters. The molecule has 0 fully saturated rings. The Morgan fingerprint density at radius 1 is 1.04 bits per heavy atom. The highest BCUT2D eigenvalue weighted by Crippen LogP contribution is 2.35. The minimum Gasteiger partial charge on any atom is -0.490 e. The number of halogens is 1. The second kappa shape index (κ2) is 7.45. The van der Waals surface area contributed by atoms with Crippen molar-refractivity contribution in [1.82, 2.24) is 4.57 Å². The van der Waals surface area contributed by atoms with E-state index in [-0.39, 0.29) is 11.9 Å². The molecule has 0 amide bonds. The lowest BCUT2D eigenvalue weighted by Gasteiger charge is -2.16. The number of aromatic nitrogens is 1. The summed E-state index contributed by atoms with van der Waals surface area (Å²) in [5.41, 5.74) is 4.53. The van der Waals surface area contributed by atoms with Crippen LogP contribution >= 0.6 is 0 Å². The SMILES string of the molecule is CCOc1cc2c(cc1OCC)-n1cccc1C(c1ccc(F)cc1)[NH2+]C2. The molecule has 140 valence electrons. The van der Waals surface area contributed by atoms with Gasteiger partial charge in [0.1, 0.15) is 12.4 Å². The van der Waals surface area contributed by atoms with Gasteiger partial charge < -0.3 is 19.4 Å². The van der Waals surface area contributed by atoms with Crippen molar-refractivity contribution in [2.45, 2.75) is 26.4 Å². The fraction of sp³-hybridized carbons (Fsp3) is 0.273. The van der Waals surface area contributed by atoms with Gasteiger partial charge in [-0.1, -0.05) is 0 Å². The lowest BCUT2D eigenvalue weighted by molar-refractivity contribution is -0.702. The van der Waals surface area contributed by atoms with Gasteiger partial charge in [-0.3, -0.25) is 0 Å². The average Bonchev–Trinajstić information content (AvgIpc) is 3.09. The molecule has 5 heteroatoms. The van der Waals surface area contributed by atoms with Crippen LogP contribution in [0.5, 0.6) is 11.5 Å². The van der Waals surface area contributed by atoms with E-state index in [1.165, 1.54) is 17.7 Å². The first kappa shape index (κ1) is 17.6. The van der Waals surface area contributed by atoms with Crippen molar-refractivity contribution in [2.24, 2.45) is 0 Å². The molecule has 0 saturated carbocycles. The summed E-state index contributed by atoms with van der Waals surface area (Å²) in [6.45, 7) is 5.92. The van der Waals surface area contributed by atoms with E-state index in [4.69, 9.17) is 9.47 Å². The van der Waals surface area contributed by atoms with Crippen molar-refractivity contribution in [3.05, 3.63) is 77.4 Å². The predicted molar refractivity (Wildman–Crippen MR) is 102 cm³/mol. The quantitative estimate of drug-likeness (QED) is 0.749. The first-order valence-electron chi connectivity index (χ1n) is 9.40. The van der Waals surface area contributed by atoms with Crippen LogP contribution in [0.4, 0.5) is 4.39 Å². The first-order chi connectivity index (χ1) is 13.2. The zero-order valence-electron chi connectivity index (χ0n) is 15.6. The van der Waals surface area contributed by atoms with Crippen LogP contribution in [0.3, 0.4) is 0 Å². The molecule has 0 bridgehead atoms. The number of benzene rings is 2. The molecule has 2 N–H and O–H groups in total. The molecule has 4 rings (SSSR count). The van der Waals surface area contributed by atoms with Gasteiger partial charge in [0, 0.05) is 23.4 Å². The molecular formula is C22H24FN2O2+. The van der Waals surface area contributed by atoms with Gasteiger partial charge in [0.25, 0.3) is 0 Å². The maximum Gasteiger partial charge on any atom is 0.163 e. The number of quaternary nitrogens is 1. The Kier molecular flexibility index (Phi) is 4.86. The van der Waals surface area contributed by atoms with E-state index in [0.717, 1.165) is 35.0 Å². The molecule has 1 atom stereocenters. The van der Waals surface area contributed by atoms with Crippen molar-refractivity contribution >= 4 is 0 Å². The molecule has 2 heterocycles. The Hall–Kier alpha value is -2.79. The van der Waals surface area contributed by atoms with Crippen LogP contribution in [0.15, 0.2) is 54.7 Å². The van der Waals surface area contributed by atoms with Crippen molar-refractivity contribution in [2.75, 3.05) is 13.2 Å². The van der Waals surface area contributed by atoms with E-state index < -0.39 is 0 Å². The minimum atomic E-state index is -0.214. The van der Waals surface area contributed by atoms with E-state index in [0.29, 0.717) is 13.2 Å². The van der Waals surface area contributed by atoms with Gasteiger partial charge in [-0.2, -0.15) is 0 Å². The highest BCUT2D eigenvalue weighted by molar-refractivity contribution is 5.56. The summed E-state index contributed by atoms with van der Waals surface area (Å²) in [6, 6.07) is 15.2. The molecule has 0 aliphatic carbocycles. The summed E-state index contributed by atoms with van der Waals surface area (Å²) >= 11 is 0. The Labute approximate surface area is 158 Å². The zero-order chi connectivity index (χ0) is 18.8. The lowest BCUT2D eigenvalue weighted by Crippen LogP contribution is -2.83. The summed E-state index contributed by atoms with van der Waals surface area (Å²) in [5, 5.41) is 2.28. The Bertz CT molecular complexity index is 934. The second-order valence-corrected chi connectivity index (χ2v) is 6.57. The molecule has 1 aliphatic heterocycles. The van der Waals surface area contributed by atoms with Crippen molar-refractivity contribution < 1.29 is 19.2 Å². The van der Waals surface area contributed by atoms with Crippen LogP contribution in [0.2, 0.25) is 0 Å². The molecule has 1 aliphatic rings. The minimum absolute atomic E-state index is 0.0964. The maximum absolute atomic E-state index is 13.4. The van der Waals surface area contributed by atoms with E-state index >= 15 is 0 Å². The topological polar surface area (TPSA) is 40.0 Å². The molecule has 0 spiro atoms. The molecule has 0 saturated heterocycles. The number of fused-ring (bicyclic) bond motifs is 3. The van der Waals surface area contributed by atoms with Crippen LogP contribution in [0.25, 0.3) is 5.69 Å². The van der Waals surface area contributed by atoms with Gasteiger partial charge in [-0.15, -0.1) is 0 Å². The highest BCUT2D eigenvalue weighted by atomic mass is 19.1. The monoisotopic (exact) mass is 367 g/mol. The number of nitrogens with two attached hydrogens (primary N) is 1. The largest absolute Gasteiger partial charge is 0.490 e. The predicted octanol–water partition coefficient (Wildman–Crippen LogP) is 3.58. The molecule has 2 aromatic carbocycles. The smallest absolute Gasteiger partial charge is 0.163 e. The molecular weight excluding hydrogens is 343 g/mol. The fourth-order valence-corrected chi connectivity index (χ4v) is 3.73. The van der Waals surface area contributed by atoms with Crippen LogP contribution in [0, 0.1) is 5.82 Å². The van der Waals surface area contributed by atoms with Crippen LogP contribution in [-0.2, 0) is 6.54 Å². The Morgan fingerprint density at radius 3 is 2.44 bits per heavy atom. The summed E-state index contributed by atoms with van der Waals surface area (Å²) in [4.78, 5) is 0. The number of ether oxygens (including phenoxy) is 2. The normalized spacial score (nSPS) is 15.6. The Morgan fingerprint density at radius 2 is 1.74 bits per heavy atom. The van der Waals surface area contributed by atoms with E-state index in [1.54, 1.807) is 0 Å². The van der Waals surface area contributed by atoms with Gasteiger partial charge in [0.2, 0.25) is 0 Å². The Balaban J connectivity index is 1.81. The van der Waals surface area contributed by atoms with Crippen molar-refractivity contribution in [1.29, 1.82) is 0 Å². The summed E-state index contributed by atoms with van der Waals surface area (Å²) in [7, 11) is 0. The van der Waals surface area contributed by atoms with Gasteiger partial charge in [-0.25, -0.2) is 4.39 Å². The molecule has 4 nitrogen and oxygen atoms in total. The molecule has 0 radical (unpaired) electrons. The van der Waals surface area contributed by atoms with Gasteiger partial charge in [-0.05, 0) is 56.3 Å². The lowest BCUT2D eigenvalue weighted by atomic mass is 10.0. The third-order valence-corrected chi connectivity index (χ3v) is 4.91. The number of rotatable bonds is 5. The van der Waals surface area contributed by atoms with Gasteiger partial charge in [0.05, 0.1) is 24.6 Å². The number of hydrogen-bond donors (Lipinski definition) is 1. The van der Waals surface area contributed by atoms with Crippen LogP contribution in [0.1, 0.15) is 36.7 Å². The molecule has 27 heavy (non-hydrogen) atoms. The summed E-state index contributed by atoms with van der Waals surface area (Å²) in [5.74, 6) is 1.33. The third-order valence-electron chi connectivity index (χ3n) is 4.91. The fourth-order valence-electron chi connectivity index (χ4n) is 3.73. The molecule has 1 aromatic heterocycles. The molecule has 3 aromatic rings. The standard InChI is InChI=1S/C22H23FN2O2/c1-3-26-20-12-16-14-24-22(15-7-9-17(23)10-8-15)18-6-5-11-25(18)19(16)13-21(20)27-4-2/h5-13,22,24H,3-4,14H2,1-2H3/p+1. The van der Waals surface area contributed by atoms with Gasteiger partial charge in [0.15, 0.2) is 17.5 Å². The van der Waals surface area contributed by atoms with Crippen molar-refractivity contribution in [3.8, 4) is 17.2 Å². The van der Waals surface area contributed by atoms with E-state index in [9.17, 15) is 4.39 Å². The van der Waals surface area contributed by atoms with E-state index in [2.05, 4.69) is 34.3 Å². The van der Waals surface area contributed by atoms with Gasteiger partial charge >= 0.3 is 0 Å². The third kappa shape index (κ3) is 3.30. The number of hydrogen-bond acceptors (Lipinski definition) is 2. The zero-order valence-corrected chi connectivity index (χ0v) is 15.6. The van der Waals surface area contributed by atoms with Crippen LogP contribution in [-0.4, -0.2) is 17.8 Å².